The Morgan fingerprint density at radius 2 is 0.651 bits per heavy atom. The maximum atomic E-state index is 12.9. The first-order chi connectivity index (χ1) is 40.6. The lowest BCUT2D eigenvalue weighted by Gasteiger charge is -2.25. The monoisotopic (exact) mass is 1150 g/mol. The third-order valence-corrected chi connectivity index (χ3v) is 13.0. The average molecular weight is 1150 g/mol. The van der Waals surface area contributed by atoms with Crippen molar-refractivity contribution in [2.24, 2.45) is 0 Å². The van der Waals surface area contributed by atoms with Gasteiger partial charge in [0.15, 0.2) is 6.10 Å². The van der Waals surface area contributed by atoms with Crippen molar-refractivity contribution in [3.8, 4) is 0 Å². The first-order valence-electron chi connectivity index (χ1n) is 32.3. The van der Waals surface area contributed by atoms with E-state index in [1.165, 1.54) is 25.7 Å². The van der Waals surface area contributed by atoms with Crippen LogP contribution in [-0.2, 0) is 33.3 Å². The topological polar surface area (TPSA) is 108 Å². The standard InChI is InChI=1S/C74H117NO8/c1-6-8-10-12-14-16-18-20-22-24-26-27-28-29-30-31-32-33-34-35-36-37-38-39-40-41-42-43-44-45-47-49-51-53-55-57-59-61-63-65-72(77)83-70(69-82-74(73(78)79)80-67-66-75(3,4)5)68-81-71(76)64-62-60-58-56-54-52-50-48-46-25-23-21-19-17-15-13-11-9-7-2/h8-11,14-17,20-23,26-27,29-30,32-33,35-36,38-39,41-42,44-46,48,70,74H,6-7,12-13,18-19,24-25,28,31,34,37,40,43,47,49-69H2,1-5H3/p+1/b10-8-,11-9-,16-14-,17-15-,22-20-,23-21-,27-26-,30-29-,33-32-,36-35-,39-38-,42-41-,45-44-,48-46-. The van der Waals surface area contributed by atoms with Crippen molar-refractivity contribution in [3.63, 3.8) is 0 Å². The molecule has 0 aliphatic heterocycles. The van der Waals surface area contributed by atoms with Crippen molar-refractivity contribution in [3.05, 3.63) is 170 Å². The van der Waals surface area contributed by atoms with E-state index in [0.29, 0.717) is 17.4 Å². The van der Waals surface area contributed by atoms with E-state index in [2.05, 4.69) is 184 Å². The molecule has 2 unspecified atom stereocenters. The van der Waals surface area contributed by atoms with E-state index in [4.69, 9.17) is 18.9 Å². The van der Waals surface area contributed by atoms with Gasteiger partial charge in [0.2, 0.25) is 0 Å². The summed E-state index contributed by atoms with van der Waals surface area (Å²) in [5, 5.41) is 9.72. The molecule has 0 aliphatic rings. The van der Waals surface area contributed by atoms with E-state index < -0.39 is 24.3 Å². The fraction of sp³-hybridized carbons (Fsp3) is 0.581. The highest BCUT2D eigenvalue weighted by Crippen LogP contribution is 2.14. The van der Waals surface area contributed by atoms with Gasteiger partial charge in [0.25, 0.3) is 6.29 Å². The smallest absolute Gasteiger partial charge is 0.361 e. The number of likely N-dealkylation sites (N-methyl/N-ethyl adjacent to an activating group) is 1. The second kappa shape index (κ2) is 62.7. The molecule has 0 amide bonds. The van der Waals surface area contributed by atoms with Gasteiger partial charge in [0, 0.05) is 12.8 Å². The molecule has 0 rings (SSSR count). The summed E-state index contributed by atoms with van der Waals surface area (Å²) in [5.74, 6) is -2.05. The van der Waals surface area contributed by atoms with E-state index in [9.17, 15) is 19.5 Å². The quantitative estimate of drug-likeness (QED) is 0.0211. The third-order valence-electron chi connectivity index (χ3n) is 13.0. The highest BCUT2D eigenvalue weighted by Gasteiger charge is 2.25. The molecule has 1 N–H and O–H groups in total. The summed E-state index contributed by atoms with van der Waals surface area (Å²) in [4.78, 5) is 37.5. The molecular weight excluding hydrogens is 1030 g/mol. The highest BCUT2D eigenvalue weighted by molar-refractivity contribution is 5.71. The SMILES string of the molecule is CC/C=C\C/C=C\C/C=C\C/C=C\C/C=C\C/C=C\C/C=C\C/C=C\C/C=C\C/C=C\CCCCCCCCCCC(=O)OC(COC(=O)CCCCCCCC/C=C\C/C=C\C/C=C\C/C=C\CC)COC(OCC[N+](C)(C)C)C(=O)O. The number of allylic oxidation sites excluding steroid dienone is 28. The highest BCUT2D eigenvalue weighted by atomic mass is 16.7. The summed E-state index contributed by atoms with van der Waals surface area (Å²) >= 11 is 0. The maximum absolute atomic E-state index is 12.9. The molecule has 0 saturated heterocycles. The molecule has 466 valence electrons. The Balaban J connectivity index is 4.23. The van der Waals surface area contributed by atoms with Crippen LogP contribution in [0.25, 0.3) is 0 Å². The zero-order valence-electron chi connectivity index (χ0n) is 53.0. The van der Waals surface area contributed by atoms with Crippen LogP contribution in [0, 0.1) is 0 Å². The molecule has 0 aromatic heterocycles. The zero-order valence-corrected chi connectivity index (χ0v) is 53.0. The number of nitrogens with zero attached hydrogens (tertiary/aromatic N) is 1. The summed E-state index contributed by atoms with van der Waals surface area (Å²) in [7, 11) is 5.95. The number of carboxylic acids is 1. The summed E-state index contributed by atoms with van der Waals surface area (Å²) in [5.41, 5.74) is 0. The van der Waals surface area contributed by atoms with Crippen LogP contribution < -0.4 is 0 Å². The first kappa shape index (κ1) is 77.7. The van der Waals surface area contributed by atoms with Crippen LogP contribution >= 0.6 is 0 Å². The van der Waals surface area contributed by atoms with E-state index in [1.807, 2.05) is 21.1 Å². The van der Waals surface area contributed by atoms with Crippen molar-refractivity contribution in [1.82, 2.24) is 0 Å². The summed E-state index contributed by atoms with van der Waals surface area (Å²) < 4.78 is 22.9. The second-order valence-electron chi connectivity index (χ2n) is 22.0. The number of quaternary nitrogens is 1. The second-order valence-corrected chi connectivity index (χ2v) is 22.0. The predicted octanol–water partition coefficient (Wildman–Crippen LogP) is 19.9. The Kier molecular flexibility index (Phi) is 58.6. The fourth-order valence-electron chi connectivity index (χ4n) is 8.09. The number of rotatable bonds is 57. The molecule has 0 radical (unpaired) electrons. The van der Waals surface area contributed by atoms with Crippen LogP contribution in [0.15, 0.2) is 170 Å². The number of carbonyl (C=O) groups is 3. The maximum Gasteiger partial charge on any atom is 0.361 e. The lowest BCUT2D eigenvalue weighted by Crippen LogP contribution is -2.40. The third kappa shape index (κ3) is 64.1. The number of carbonyl (C=O) groups excluding carboxylic acids is 2. The lowest BCUT2D eigenvalue weighted by atomic mass is 10.1. The lowest BCUT2D eigenvalue weighted by molar-refractivity contribution is -0.870. The van der Waals surface area contributed by atoms with E-state index in [-0.39, 0.29) is 38.6 Å². The first-order valence-corrected chi connectivity index (χ1v) is 32.3. The minimum atomic E-state index is -1.53. The Morgan fingerprint density at radius 1 is 0.361 bits per heavy atom. The van der Waals surface area contributed by atoms with Gasteiger partial charge < -0.3 is 28.5 Å². The largest absolute Gasteiger partial charge is 0.477 e. The molecule has 0 aromatic rings. The van der Waals surface area contributed by atoms with Gasteiger partial charge >= 0.3 is 17.9 Å². The molecule has 83 heavy (non-hydrogen) atoms. The minimum Gasteiger partial charge on any atom is -0.477 e. The molecular formula is C74H118NO8+. The van der Waals surface area contributed by atoms with Gasteiger partial charge in [0.05, 0.1) is 34.4 Å². The molecule has 0 heterocycles. The van der Waals surface area contributed by atoms with Gasteiger partial charge in [-0.15, -0.1) is 0 Å². The fourth-order valence-corrected chi connectivity index (χ4v) is 8.09. The van der Waals surface area contributed by atoms with E-state index in [1.54, 1.807) is 0 Å². The molecule has 0 fully saturated rings. The molecule has 0 bridgehead atoms. The van der Waals surface area contributed by atoms with Crippen LogP contribution in [0.1, 0.15) is 219 Å². The molecule has 0 spiro atoms. The van der Waals surface area contributed by atoms with Crippen LogP contribution in [0.4, 0.5) is 0 Å². The number of ether oxygens (including phenoxy) is 4. The zero-order chi connectivity index (χ0) is 60.5. The normalized spacial score (nSPS) is 13.9. The van der Waals surface area contributed by atoms with Crippen LogP contribution in [0.5, 0.6) is 0 Å². The van der Waals surface area contributed by atoms with Crippen molar-refractivity contribution >= 4 is 17.9 Å². The summed E-state index contributed by atoms with van der Waals surface area (Å²) in [6, 6.07) is 0. The van der Waals surface area contributed by atoms with Gasteiger partial charge in [0.1, 0.15) is 13.2 Å². The Morgan fingerprint density at radius 3 is 0.964 bits per heavy atom. The van der Waals surface area contributed by atoms with Crippen LogP contribution in [0.3, 0.4) is 0 Å². The summed E-state index contributed by atoms with van der Waals surface area (Å²) in [6.45, 7) is 4.60. The van der Waals surface area contributed by atoms with Gasteiger partial charge in [-0.2, -0.15) is 0 Å². The van der Waals surface area contributed by atoms with Crippen LogP contribution in [0.2, 0.25) is 0 Å². The van der Waals surface area contributed by atoms with Crippen molar-refractivity contribution in [2.45, 2.75) is 232 Å². The molecule has 9 nitrogen and oxygen atoms in total. The minimum absolute atomic E-state index is 0.174. The van der Waals surface area contributed by atoms with Gasteiger partial charge in [-0.25, -0.2) is 4.79 Å². The number of aliphatic carboxylic acids is 1. The molecule has 0 aliphatic carbocycles. The molecule has 0 saturated carbocycles. The van der Waals surface area contributed by atoms with E-state index >= 15 is 0 Å². The Bertz CT molecular complexity index is 1960. The Hall–Kier alpha value is -5.35. The Labute approximate surface area is 507 Å². The van der Waals surface area contributed by atoms with Crippen LogP contribution in [-0.4, -0.2) is 87.4 Å². The van der Waals surface area contributed by atoms with Crippen molar-refractivity contribution in [1.29, 1.82) is 0 Å². The molecule has 9 heteroatoms. The predicted molar refractivity (Wildman–Crippen MR) is 354 cm³/mol. The number of hydrogen-bond donors (Lipinski definition) is 1. The van der Waals surface area contributed by atoms with Crippen molar-refractivity contribution in [2.75, 3.05) is 47.5 Å². The number of unbranched alkanes of at least 4 members (excludes halogenated alkanes) is 14. The summed E-state index contributed by atoms with van der Waals surface area (Å²) in [6.07, 6.45) is 91.6. The number of hydrogen-bond acceptors (Lipinski definition) is 7. The van der Waals surface area contributed by atoms with Crippen molar-refractivity contribution < 1.29 is 42.9 Å². The van der Waals surface area contributed by atoms with Gasteiger partial charge in [-0.05, 0) is 128 Å². The average Bonchev–Trinajstić information content (AvgIpc) is 3.46. The van der Waals surface area contributed by atoms with E-state index in [0.717, 1.165) is 161 Å². The molecule has 2 atom stereocenters. The molecule has 0 aromatic carbocycles. The number of carboxylic acid groups (broad SMARTS) is 1. The number of esters is 2. The van der Waals surface area contributed by atoms with Gasteiger partial charge in [-0.1, -0.05) is 248 Å². The van der Waals surface area contributed by atoms with Gasteiger partial charge in [-0.3, -0.25) is 9.59 Å².